The third kappa shape index (κ3) is 4.56. The van der Waals surface area contributed by atoms with Gasteiger partial charge in [-0.15, -0.1) is 0 Å². The highest BCUT2D eigenvalue weighted by molar-refractivity contribution is 4.86. The second kappa shape index (κ2) is 8.37. The number of rotatable bonds is 8. The van der Waals surface area contributed by atoms with Crippen molar-refractivity contribution in [3.63, 3.8) is 0 Å². The van der Waals surface area contributed by atoms with Crippen LogP contribution in [-0.2, 0) is 13.1 Å². The molecule has 1 N–H and O–H groups in total. The molecule has 0 amide bonds. The zero-order chi connectivity index (χ0) is 14.2. The fourth-order valence-corrected chi connectivity index (χ4v) is 2.95. The van der Waals surface area contributed by atoms with Crippen LogP contribution < -0.4 is 5.32 Å². The minimum Gasteiger partial charge on any atom is -0.313 e. The predicted octanol–water partition coefficient (Wildman–Crippen LogP) is 2.04. The Kier molecular flexibility index (Phi) is 6.47. The second-order valence-corrected chi connectivity index (χ2v) is 5.78. The molecule has 0 radical (unpaired) electrons. The van der Waals surface area contributed by atoms with Crippen LogP contribution in [0.25, 0.3) is 0 Å². The molecule has 1 fully saturated rings. The van der Waals surface area contributed by atoms with Gasteiger partial charge in [-0.1, -0.05) is 20.3 Å². The van der Waals surface area contributed by atoms with Crippen molar-refractivity contribution in [2.75, 3.05) is 19.6 Å². The Morgan fingerprint density at radius 2 is 2.25 bits per heavy atom. The molecule has 0 spiro atoms. The van der Waals surface area contributed by atoms with Crippen molar-refractivity contribution in [3.05, 3.63) is 12.2 Å². The summed E-state index contributed by atoms with van der Waals surface area (Å²) in [6.45, 7) is 9.77. The molecule has 114 valence electrons. The average Bonchev–Trinajstić information content (AvgIpc) is 2.88. The third-order valence-electron chi connectivity index (χ3n) is 3.93. The van der Waals surface area contributed by atoms with Gasteiger partial charge < -0.3 is 5.32 Å². The average molecular weight is 279 g/mol. The number of piperidine rings is 1. The molecule has 1 aromatic rings. The summed E-state index contributed by atoms with van der Waals surface area (Å²) in [5, 5.41) is 7.97. The summed E-state index contributed by atoms with van der Waals surface area (Å²) in [6, 6.07) is 0.651. The monoisotopic (exact) mass is 279 g/mol. The van der Waals surface area contributed by atoms with Crippen LogP contribution in [-0.4, -0.2) is 45.3 Å². The number of aryl methyl sites for hydroxylation is 1. The van der Waals surface area contributed by atoms with E-state index in [1.54, 1.807) is 6.33 Å². The lowest BCUT2D eigenvalue weighted by atomic mass is 10.0. The van der Waals surface area contributed by atoms with E-state index in [-0.39, 0.29) is 0 Å². The molecule has 1 atom stereocenters. The smallest absolute Gasteiger partial charge is 0.141 e. The van der Waals surface area contributed by atoms with Crippen molar-refractivity contribution in [3.8, 4) is 0 Å². The first-order valence-electron chi connectivity index (χ1n) is 8.16. The minimum absolute atomic E-state index is 0.651. The van der Waals surface area contributed by atoms with E-state index in [9.17, 15) is 0 Å². The van der Waals surface area contributed by atoms with Crippen molar-refractivity contribution in [1.82, 2.24) is 25.0 Å². The van der Waals surface area contributed by atoms with Gasteiger partial charge in [0, 0.05) is 19.1 Å². The van der Waals surface area contributed by atoms with Crippen LogP contribution in [0.1, 0.15) is 51.8 Å². The predicted molar refractivity (Wildman–Crippen MR) is 81.5 cm³/mol. The van der Waals surface area contributed by atoms with E-state index in [1.165, 1.54) is 32.2 Å². The lowest BCUT2D eigenvalue weighted by Crippen LogP contribution is -2.44. The van der Waals surface area contributed by atoms with E-state index >= 15 is 0 Å². The summed E-state index contributed by atoms with van der Waals surface area (Å²) in [5.74, 6) is 1.11. The van der Waals surface area contributed by atoms with Gasteiger partial charge in [0.2, 0.25) is 0 Å². The van der Waals surface area contributed by atoms with Gasteiger partial charge in [0.05, 0.1) is 6.54 Å². The van der Waals surface area contributed by atoms with Gasteiger partial charge in [-0.3, -0.25) is 4.90 Å². The van der Waals surface area contributed by atoms with E-state index in [4.69, 9.17) is 0 Å². The largest absolute Gasteiger partial charge is 0.313 e. The number of nitrogens with zero attached hydrogens (tertiary/aromatic N) is 4. The number of hydrogen-bond donors (Lipinski definition) is 1. The second-order valence-electron chi connectivity index (χ2n) is 5.78. The summed E-state index contributed by atoms with van der Waals surface area (Å²) in [7, 11) is 0. The van der Waals surface area contributed by atoms with Gasteiger partial charge in [-0.2, -0.15) is 5.10 Å². The van der Waals surface area contributed by atoms with Gasteiger partial charge in [0.15, 0.2) is 0 Å². The number of hydrogen-bond acceptors (Lipinski definition) is 4. The standard InChI is InChI=1S/C15H29N5/c1-3-9-19(11-14-7-5-6-8-16-14)12-15-17-13-18-20(15)10-4-2/h13-14,16H,3-12H2,1-2H3. The van der Waals surface area contributed by atoms with Crippen molar-refractivity contribution in [1.29, 1.82) is 0 Å². The summed E-state index contributed by atoms with van der Waals surface area (Å²) in [6.07, 6.45) is 7.98. The van der Waals surface area contributed by atoms with Gasteiger partial charge in [-0.25, -0.2) is 9.67 Å². The maximum absolute atomic E-state index is 4.44. The third-order valence-corrected chi connectivity index (χ3v) is 3.93. The van der Waals surface area contributed by atoms with E-state index < -0.39 is 0 Å². The van der Waals surface area contributed by atoms with Crippen LogP contribution in [0.15, 0.2) is 6.33 Å². The van der Waals surface area contributed by atoms with Crippen LogP contribution in [0.5, 0.6) is 0 Å². The Hall–Kier alpha value is -0.940. The molecule has 2 heterocycles. The Labute approximate surface area is 122 Å². The minimum atomic E-state index is 0.651. The highest BCUT2D eigenvalue weighted by Gasteiger charge is 2.18. The molecule has 5 heteroatoms. The van der Waals surface area contributed by atoms with Crippen LogP contribution >= 0.6 is 0 Å². The summed E-state index contributed by atoms with van der Waals surface area (Å²) in [5.41, 5.74) is 0. The maximum atomic E-state index is 4.44. The van der Waals surface area contributed by atoms with Crippen LogP contribution in [0, 0.1) is 0 Å². The van der Waals surface area contributed by atoms with Crippen molar-refractivity contribution in [2.24, 2.45) is 0 Å². The normalized spacial score (nSPS) is 19.6. The highest BCUT2D eigenvalue weighted by Crippen LogP contribution is 2.11. The summed E-state index contributed by atoms with van der Waals surface area (Å²) >= 11 is 0. The van der Waals surface area contributed by atoms with E-state index in [0.29, 0.717) is 6.04 Å². The molecule has 1 aliphatic heterocycles. The quantitative estimate of drug-likeness (QED) is 0.791. The number of nitrogens with one attached hydrogen (secondary N) is 1. The lowest BCUT2D eigenvalue weighted by Gasteiger charge is -2.30. The molecule has 0 aliphatic carbocycles. The van der Waals surface area contributed by atoms with Gasteiger partial charge >= 0.3 is 0 Å². The summed E-state index contributed by atoms with van der Waals surface area (Å²) in [4.78, 5) is 6.97. The lowest BCUT2D eigenvalue weighted by molar-refractivity contribution is 0.209. The Morgan fingerprint density at radius 1 is 1.35 bits per heavy atom. The maximum Gasteiger partial charge on any atom is 0.141 e. The Morgan fingerprint density at radius 3 is 2.95 bits per heavy atom. The zero-order valence-electron chi connectivity index (χ0n) is 13.0. The fourth-order valence-electron chi connectivity index (χ4n) is 2.95. The van der Waals surface area contributed by atoms with Crippen LogP contribution in [0.2, 0.25) is 0 Å². The molecule has 20 heavy (non-hydrogen) atoms. The molecular weight excluding hydrogens is 250 g/mol. The van der Waals surface area contributed by atoms with Crippen molar-refractivity contribution in [2.45, 2.75) is 65.1 Å². The van der Waals surface area contributed by atoms with Crippen LogP contribution in [0.4, 0.5) is 0 Å². The molecule has 5 nitrogen and oxygen atoms in total. The first-order valence-corrected chi connectivity index (χ1v) is 8.16. The molecule has 1 aromatic heterocycles. The van der Waals surface area contributed by atoms with E-state index in [2.05, 4.69) is 38.8 Å². The molecule has 0 aromatic carbocycles. The zero-order valence-corrected chi connectivity index (χ0v) is 13.0. The summed E-state index contributed by atoms with van der Waals surface area (Å²) < 4.78 is 2.05. The Balaban J connectivity index is 1.91. The molecule has 1 saturated heterocycles. The van der Waals surface area contributed by atoms with Gasteiger partial charge in [0.1, 0.15) is 12.2 Å². The molecule has 1 aliphatic rings. The van der Waals surface area contributed by atoms with E-state index in [0.717, 1.165) is 38.4 Å². The molecule has 0 saturated carbocycles. The van der Waals surface area contributed by atoms with Crippen LogP contribution in [0.3, 0.4) is 0 Å². The SMILES string of the molecule is CCCN(Cc1ncnn1CCC)CC1CCCCN1. The number of aromatic nitrogens is 3. The first kappa shape index (κ1) is 15.4. The molecular formula is C15H29N5. The van der Waals surface area contributed by atoms with Gasteiger partial charge in [0.25, 0.3) is 0 Å². The van der Waals surface area contributed by atoms with Gasteiger partial charge in [-0.05, 0) is 38.8 Å². The highest BCUT2D eigenvalue weighted by atomic mass is 15.3. The Bertz CT molecular complexity index is 370. The van der Waals surface area contributed by atoms with Crippen molar-refractivity contribution < 1.29 is 0 Å². The topological polar surface area (TPSA) is 46.0 Å². The fraction of sp³-hybridized carbons (Fsp3) is 0.867. The first-order chi connectivity index (χ1) is 9.83. The van der Waals surface area contributed by atoms with E-state index in [1.807, 2.05) is 0 Å². The van der Waals surface area contributed by atoms with Crippen molar-refractivity contribution >= 4 is 0 Å². The molecule has 2 rings (SSSR count). The molecule has 0 bridgehead atoms. The molecule has 1 unspecified atom stereocenters.